The lowest BCUT2D eigenvalue weighted by Crippen LogP contribution is -2.35. The average molecular weight is 356 g/mol. The molecule has 1 atom stereocenters. The molecule has 0 bridgehead atoms. The number of hydrogen-bond acceptors (Lipinski definition) is 3. The molecule has 1 aliphatic heterocycles. The van der Waals surface area contributed by atoms with Gasteiger partial charge in [-0.3, -0.25) is 0 Å². The highest BCUT2D eigenvalue weighted by atomic mass is 79.9. The second kappa shape index (κ2) is 6.69. The van der Waals surface area contributed by atoms with E-state index in [1.54, 1.807) is 4.90 Å². The summed E-state index contributed by atoms with van der Waals surface area (Å²) in [6, 6.07) is 7.79. The molecule has 1 aliphatic rings. The Morgan fingerprint density at radius 3 is 2.86 bits per heavy atom. The van der Waals surface area contributed by atoms with Gasteiger partial charge < -0.3 is 14.4 Å². The van der Waals surface area contributed by atoms with Gasteiger partial charge >= 0.3 is 6.09 Å². The van der Waals surface area contributed by atoms with Gasteiger partial charge in [-0.2, -0.15) is 0 Å². The molecular formula is C16H22BrNO3. The Balaban J connectivity index is 1.79. The van der Waals surface area contributed by atoms with E-state index in [2.05, 4.69) is 15.9 Å². The normalized spacial score (nSPS) is 18.7. The largest absolute Gasteiger partial charge is 0.493 e. The van der Waals surface area contributed by atoms with Gasteiger partial charge in [-0.05, 0) is 45.4 Å². The van der Waals surface area contributed by atoms with E-state index in [9.17, 15) is 4.79 Å². The fourth-order valence-electron chi connectivity index (χ4n) is 2.23. The van der Waals surface area contributed by atoms with Gasteiger partial charge in [0.15, 0.2) is 0 Å². The molecule has 4 nitrogen and oxygen atoms in total. The summed E-state index contributed by atoms with van der Waals surface area (Å²) in [4.78, 5) is 13.7. The van der Waals surface area contributed by atoms with E-state index in [4.69, 9.17) is 9.47 Å². The van der Waals surface area contributed by atoms with Crippen molar-refractivity contribution < 1.29 is 14.3 Å². The van der Waals surface area contributed by atoms with E-state index in [0.717, 1.165) is 23.2 Å². The standard InChI is InChI=1S/C16H22BrNO3/c1-16(2,3)21-15(19)18-8-7-12(10-18)11-20-14-6-4-5-13(17)9-14/h4-6,9,12H,7-8,10-11H2,1-3H3. The van der Waals surface area contributed by atoms with E-state index in [-0.39, 0.29) is 6.09 Å². The van der Waals surface area contributed by atoms with Crippen LogP contribution in [0.25, 0.3) is 0 Å². The van der Waals surface area contributed by atoms with Crippen molar-refractivity contribution in [2.45, 2.75) is 32.8 Å². The maximum atomic E-state index is 12.0. The smallest absolute Gasteiger partial charge is 0.410 e. The Morgan fingerprint density at radius 2 is 2.19 bits per heavy atom. The van der Waals surface area contributed by atoms with E-state index < -0.39 is 5.60 Å². The minimum atomic E-state index is -0.442. The molecule has 0 aliphatic carbocycles. The van der Waals surface area contributed by atoms with Crippen LogP contribution in [-0.2, 0) is 4.74 Å². The van der Waals surface area contributed by atoms with E-state index >= 15 is 0 Å². The van der Waals surface area contributed by atoms with Crippen LogP contribution >= 0.6 is 15.9 Å². The fraction of sp³-hybridized carbons (Fsp3) is 0.562. The summed E-state index contributed by atoms with van der Waals surface area (Å²) in [5, 5.41) is 0. The van der Waals surface area contributed by atoms with Crippen LogP contribution in [0.4, 0.5) is 4.79 Å². The van der Waals surface area contributed by atoms with Crippen LogP contribution in [0.5, 0.6) is 5.75 Å². The Kier molecular flexibility index (Phi) is 5.14. The Labute approximate surface area is 134 Å². The van der Waals surface area contributed by atoms with Crippen molar-refractivity contribution in [3.8, 4) is 5.75 Å². The topological polar surface area (TPSA) is 38.8 Å². The van der Waals surface area contributed by atoms with Gasteiger partial charge in [0.25, 0.3) is 0 Å². The molecule has 1 amide bonds. The summed E-state index contributed by atoms with van der Waals surface area (Å²) in [5.74, 6) is 1.21. The summed E-state index contributed by atoms with van der Waals surface area (Å²) >= 11 is 3.42. The molecule has 116 valence electrons. The maximum Gasteiger partial charge on any atom is 0.410 e. The lowest BCUT2D eigenvalue weighted by Gasteiger charge is -2.24. The van der Waals surface area contributed by atoms with Crippen molar-refractivity contribution in [1.82, 2.24) is 4.90 Å². The molecule has 5 heteroatoms. The summed E-state index contributed by atoms with van der Waals surface area (Å²) in [6.45, 7) is 7.71. The molecule has 0 spiro atoms. The molecular weight excluding hydrogens is 334 g/mol. The van der Waals surface area contributed by atoms with Crippen LogP contribution in [0.1, 0.15) is 27.2 Å². The van der Waals surface area contributed by atoms with Crippen LogP contribution in [0.15, 0.2) is 28.7 Å². The van der Waals surface area contributed by atoms with Gasteiger partial charge in [0.05, 0.1) is 6.61 Å². The predicted molar refractivity (Wildman–Crippen MR) is 85.6 cm³/mol. The zero-order chi connectivity index (χ0) is 15.5. The molecule has 0 N–H and O–H groups in total. The molecule has 21 heavy (non-hydrogen) atoms. The second-order valence-corrected chi connectivity index (χ2v) is 7.27. The van der Waals surface area contributed by atoms with Crippen LogP contribution in [-0.4, -0.2) is 36.3 Å². The van der Waals surface area contributed by atoms with E-state index in [1.807, 2.05) is 45.0 Å². The molecule has 0 aromatic heterocycles. The van der Waals surface area contributed by atoms with Crippen LogP contribution in [0.2, 0.25) is 0 Å². The minimum Gasteiger partial charge on any atom is -0.493 e. The molecule has 1 fully saturated rings. The molecule has 2 rings (SSSR count). The van der Waals surface area contributed by atoms with Crippen LogP contribution < -0.4 is 4.74 Å². The van der Waals surface area contributed by atoms with Crippen molar-refractivity contribution in [1.29, 1.82) is 0 Å². The van der Waals surface area contributed by atoms with Crippen LogP contribution in [0.3, 0.4) is 0 Å². The Hall–Kier alpha value is -1.23. The Bertz CT molecular complexity index is 499. The molecule has 1 heterocycles. The van der Waals surface area contributed by atoms with Gasteiger partial charge in [0.1, 0.15) is 11.4 Å². The number of amides is 1. The van der Waals surface area contributed by atoms with Crippen LogP contribution in [0, 0.1) is 5.92 Å². The second-order valence-electron chi connectivity index (χ2n) is 6.35. The number of carbonyl (C=O) groups is 1. The number of halogens is 1. The zero-order valence-electron chi connectivity index (χ0n) is 12.8. The van der Waals surface area contributed by atoms with Gasteiger partial charge in [0, 0.05) is 23.5 Å². The molecule has 0 saturated carbocycles. The first-order chi connectivity index (χ1) is 9.83. The monoisotopic (exact) mass is 355 g/mol. The number of nitrogens with zero attached hydrogens (tertiary/aromatic N) is 1. The summed E-state index contributed by atoms with van der Waals surface area (Å²) in [6.07, 6.45) is 0.722. The van der Waals surface area contributed by atoms with Gasteiger partial charge in [-0.25, -0.2) is 4.79 Å². The van der Waals surface area contributed by atoms with Crippen molar-refractivity contribution >= 4 is 22.0 Å². The highest BCUT2D eigenvalue weighted by Crippen LogP contribution is 2.22. The maximum absolute atomic E-state index is 12.0. The first kappa shape index (κ1) is 16.1. The van der Waals surface area contributed by atoms with Crippen molar-refractivity contribution in [3.05, 3.63) is 28.7 Å². The molecule has 1 aromatic rings. The molecule has 1 aromatic carbocycles. The van der Waals surface area contributed by atoms with Crippen molar-refractivity contribution in [2.24, 2.45) is 5.92 Å². The number of benzene rings is 1. The number of likely N-dealkylation sites (tertiary alicyclic amines) is 1. The van der Waals surface area contributed by atoms with Gasteiger partial charge in [0.2, 0.25) is 0 Å². The number of hydrogen-bond donors (Lipinski definition) is 0. The van der Waals surface area contributed by atoms with Gasteiger partial charge in [-0.15, -0.1) is 0 Å². The summed E-state index contributed by atoms with van der Waals surface area (Å²) < 4.78 is 12.2. The number of carbonyl (C=O) groups excluding carboxylic acids is 1. The first-order valence-corrected chi connectivity index (χ1v) is 7.99. The molecule has 0 radical (unpaired) electrons. The van der Waals surface area contributed by atoms with Crippen molar-refractivity contribution in [2.75, 3.05) is 19.7 Å². The third kappa shape index (κ3) is 5.23. The SMILES string of the molecule is CC(C)(C)OC(=O)N1CCC(COc2cccc(Br)c2)C1. The molecule has 1 unspecified atom stereocenters. The van der Waals surface area contributed by atoms with E-state index in [0.29, 0.717) is 19.1 Å². The number of ether oxygens (including phenoxy) is 2. The third-order valence-electron chi connectivity index (χ3n) is 3.22. The minimum absolute atomic E-state index is 0.229. The quantitative estimate of drug-likeness (QED) is 0.819. The summed E-state index contributed by atoms with van der Waals surface area (Å²) in [7, 11) is 0. The average Bonchev–Trinajstić information content (AvgIpc) is 2.83. The fourth-order valence-corrected chi connectivity index (χ4v) is 2.61. The first-order valence-electron chi connectivity index (χ1n) is 7.20. The predicted octanol–water partition coefficient (Wildman–Crippen LogP) is 4.08. The third-order valence-corrected chi connectivity index (χ3v) is 3.71. The molecule has 1 saturated heterocycles. The summed E-state index contributed by atoms with van der Waals surface area (Å²) in [5.41, 5.74) is -0.442. The van der Waals surface area contributed by atoms with E-state index in [1.165, 1.54) is 0 Å². The van der Waals surface area contributed by atoms with Crippen molar-refractivity contribution in [3.63, 3.8) is 0 Å². The highest BCUT2D eigenvalue weighted by molar-refractivity contribution is 9.10. The highest BCUT2D eigenvalue weighted by Gasteiger charge is 2.30. The lowest BCUT2D eigenvalue weighted by atomic mass is 10.1. The van der Waals surface area contributed by atoms with Gasteiger partial charge in [-0.1, -0.05) is 22.0 Å². The Morgan fingerprint density at radius 1 is 1.43 bits per heavy atom. The lowest BCUT2D eigenvalue weighted by molar-refractivity contribution is 0.0285. The number of rotatable bonds is 3. The zero-order valence-corrected chi connectivity index (χ0v) is 14.4.